The van der Waals surface area contributed by atoms with E-state index in [2.05, 4.69) is 5.32 Å². The average Bonchev–Trinajstić information content (AvgIpc) is 2.82. The second kappa shape index (κ2) is 4.35. The predicted molar refractivity (Wildman–Crippen MR) is 66.7 cm³/mol. The molecule has 5 heteroatoms. The van der Waals surface area contributed by atoms with E-state index in [4.69, 9.17) is 4.42 Å². The minimum atomic E-state index is -0.444. The molecule has 1 unspecified atom stereocenters. The number of hydrogen-bond acceptors (Lipinski definition) is 4. The van der Waals surface area contributed by atoms with E-state index in [1.165, 1.54) is 6.26 Å². The molecule has 1 N–H and O–H groups in total. The van der Waals surface area contributed by atoms with Crippen molar-refractivity contribution in [1.29, 1.82) is 0 Å². The lowest BCUT2D eigenvalue weighted by Crippen LogP contribution is -2.39. The first-order valence-corrected chi connectivity index (χ1v) is 5.99. The van der Waals surface area contributed by atoms with Gasteiger partial charge < -0.3 is 4.42 Å². The fourth-order valence-electron chi connectivity index (χ4n) is 2.49. The van der Waals surface area contributed by atoms with Crippen LogP contribution >= 0.6 is 0 Å². The molecule has 2 amide bonds. The van der Waals surface area contributed by atoms with Crippen molar-refractivity contribution < 1.29 is 18.8 Å². The first kappa shape index (κ1) is 11.6. The predicted octanol–water partition coefficient (Wildman–Crippen LogP) is 1.77. The molecule has 3 rings (SSSR count). The SMILES string of the molecule is O=Cc1cccc2occ(C3CCC(=O)NC3=O)c12. The number of benzene rings is 1. The Morgan fingerprint density at radius 1 is 1.32 bits per heavy atom. The van der Waals surface area contributed by atoms with Crippen molar-refractivity contribution in [1.82, 2.24) is 5.32 Å². The summed E-state index contributed by atoms with van der Waals surface area (Å²) in [7, 11) is 0. The standard InChI is InChI=1S/C14H11NO4/c16-6-8-2-1-3-11-13(8)10(7-19-11)9-4-5-12(17)15-14(9)18/h1-3,6-7,9H,4-5H2,(H,15,17,18). The Morgan fingerprint density at radius 3 is 2.89 bits per heavy atom. The van der Waals surface area contributed by atoms with E-state index in [0.717, 1.165) is 6.29 Å². The number of amides is 2. The lowest BCUT2D eigenvalue weighted by molar-refractivity contribution is -0.134. The summed E-state index contributed by atoms with van der Waals surface area (Å²) < 4.78 is 5.40. The number of aldehydes is 1. The van der Waals surface area contributed by atoms with Crippen LogP contribution in [-0.4, -0.2) is 18.1 Å². The maximum absolute atomic E-state index is 11.9. The highest BCUT2D eigenvalue weighted by atomic mass is 16.3. The Labute approximate surface area is 108 Å². The van der Waals surface area contributed by atoms with Crippen LogP contribution in [0.3, 0.4) is 0 Å². The van der Waals surface area contributed by atoms with Gasteiger partial charge in [0.2, 0.25) is 11.8 Å². The van der Waals surface area contributed by atoms with Gasteiger partial charge in [-0.25, -0.2) is 0 Å². The lowest BCUT2D eigenvalue weighted by Gasteiger charge is -2.20. The minimum absolute atomic E-state index is 0.260. The van der Waals surface area contributed by atoms with Crippen LogP contribution in [0, 0.1) is 0 Å². The highest BCUT2D eigenvalue weighted by Crippen LogP contribution is 2.33. The summed E-state index contributed by atoms with van der Waals surface area (Å²) in [5, 5.41) is 2.97. The van der Waals surface area contributed by atoms with Gasteiger partial charge in [-0.15, -0.1) is 0 Å². The summed E-state index contributed by atoms with van der Waals surface area (Å²) in [6.07, 6.45) is 2.98. The summed E-state index contributed by atoms with van der Waals surface area (Å²) in [6, 6.07) is 5.15. The molecular formula is C14H11NO4. The van der Waals surface area contributed by atoms with Gasteiger partial charge in [-0.3, -0.25) is 19.7 Å². The summed E-state index contributed by atoms with van der Waals surface area (Å²) in [4.78, 5) is 34.1. The number of carbonyl (C=O) groups is 3. The fourth-order valence-corrected chi connectivity index (χ4v) is 2.49. The molecule has 1 aromatic carbocycles. The van der Waals surface area contributed by atoms with E-state index in [1.54, 1.807) is 18.2 Å². The second-order valence-electron chi connectivity index (χ2n) is 4.53. The van der Waals surface area contributed by atoms with Gasteiger partial charge in [0.05, 0.1) is 12.2 Å². The van der Waals surface area contributed by atoms with E-state index in [-0.39, 0.29) is 11.8 Å². The van der Waals surface area contributed by atoms with Crippen molar-refractivity contribution in [2.24, 2.45) is 0 Å². The molecule has 1 atom stereocenters. The van der Waals surface area contributed by atoms with Crippen molar-refractivity contribution in [3.8, 4) is 0 Å². The molecule has 2 aromatic rings. The summed E-state index contributed by atoms with van der Waals surface area (Å²) in [6.45, 7) is 0. The summed E-state index contributed by atoms with van der Waals surface area (Å²) in [5.74, 6) is -1.04. The molecule has 0 saturated carbocycles. The van der Waals surface area contributed by atoms with Crippen LogP contribution in [0.5, 0.6) is 0 Å². The Bertz CT molecular complexity index is 686. The van der Waals surface area contributed by atoms with E-state index >= 15 is 0 Å². The van der Waals surface area contributed by atoms with E-state index in [9.17, 15) is 14.4 Å². The normalized spacial score (nSPS) is 19.5. The number of piperidine rings is 1. The molecule has 1 aliphatic heterocycles. The highest BCUT2D eigenvalue weighted by Gasteiger charge is 2.30. The topological polar surface area (TPSA) is 76.4 Å². The molecule has 0 radical (unpaired) electrons. The van der Waals surface area contributed by atoms with Gasteiger partial charge in [0.15, 0.2) is 6.29 Å². The van der Waals surface area contributed by atoms with Gasteiger partial charge in [-0.05, 0) is 12.5 Å². The van der Waals surface area contributed by atoms with Gasteiger partial charge in [-0.2, -0.15) is 0 Å². The minimum Gasteiger partial charge on any atom is -0.464 e. The molecule has 5 nitrogen and oxygen atoms in total. The van der Waals surface area contributed by atoms with Gasteiger partial charge in [0.25, 0.3) is 0 Å². The van der Waals surface area contributed by atoms with Crippen molar-refractivity contribution in [3.63, 3.8) is 0 Å². The number of carbonyl (C=O) groups excluding carboxylic acids is 3. The molecule has 1 fully saturated rings. The van der Waals surface area contributed by atoms with Crippen molar-refractivity contribution >= 4 is 29.1 Å². The van der Waals surface area contributed by atoms with Crippen LogP contribution in [0.4, 0.5) is 0 Å². The molecule has 96 valence electrons. The second-order valence-corrected chi connectivity index (χ2v) is 4.53. The summed E-state index contributed by atoms with van der Waals surface area (Å²) >= 11 is 0. The fraction of sp³-hybridized carbons (Fsp3) is 0.214. The van der Waals surface area contributed by atoms with Crippen molar-refractivity contribution in [2.75, 3.05) is 0 Å². The van der Waals surface area contributed by atoms with E-state index in [1.807, 2.05) is 0 Å². The quantitative estimate of drug-likeness (QED) is 0.657. The van der Waals surface area contributed by atoms with Crippen LogP contribution in [-0.2, 0) is 9.59 Å². The highest BCUT2D eigenvalue weighted by molar-refractivity contribution is 6.05. The largest absolute Gasteiger partial charge is 0.464 e. The zero-order valence-electron chi connectivity index (χ0n) is 10.0. The zero-order chi connectivity index (χ0) is 13.4. The Balaban J connectivity index is 2.13. The molecular weight excluding hydrogens is 246 g/mol. The van der Waals surface area contributed by atoms with Crippen LogP contribution in [0.2, 0.25) is 0 Å². The maximum atomic E-state index is 11.9. The van der Waals surface area contributed by atoms with Gasteiger partial charge in [0, 0.05) is 22.9 Å². The number of rotatable bonds is 2. The first-order valence-electron chi connectivity index (χ1n) is 5.99. The number of furan rings is 1. The van der Waals surface area contributed by atoms with Crippen molar-refractivity contribution in [2.45, 2.75) is 18.8 Å². The van der Waals surface area contributed by atoms with E-state index in [0.29, 0.717) is 34.9 Å². The third kappa shape index (κ3) is 1.83. The Hall–Kier alpha value is -2.43. The van der Waals surface area contributed by atoms with Crippen LogP contribution in [0.15, 0.2) is 28.9 Å². The van der Waals surface area contributed by atoms with Gasteiger partial charge >= 0.3 is 0 Å². The van der Waals surface area contributed by atoms with E-state index < -0.39 is 5.92 Å². The average molecular weight is 257 g/mol. The molecule has 1 aliphatic rings. The molecule has 19 heavy (non-hydrogen) atoms. The molecule has 1 saturated heterocycles. The first-order chi connectivity index (χ1) is 9.20. The van der Waals surface area contributed by atoms with Crippen LogP contribution < -0.4 is 5.32 Å². The monoisotopic (exact) mass is 257 g/mol. The smallest absolute Gasteiger partial charge is 0.234 e. The van der Waals surface area contributed by atoms with Crippen LogP contribution in [0.1, 0.15) is 34.7 Å². The lowest BCUT2D eigenvalue weighted by atomic mass is 9.89. The molecule has 0 spiro atoms. The third-order valence-corrected chi connectivity index (χ3v) is 3.40. The Kier molecular flexibility index (Phi) is 2.67. The third-order valence-electron chi connectivity index (χ3n) is 3.40. The number of hydrogen-bond donors (Lipinski definition) is 1. The zero-order valence-corrected chi connectivity index (χ0v) is 10.0. The van der Waals surface area contributed by atoms with Crippen molar-refractivity contribution in [3.05, 3.63) is 35.6 Å². The number of nitrogens with one attached hydrogen (secondary N) is 1. The Morgan fingerprint density at radius 2 is 2.16 bits per heavy atom. The summed E-state index contributed by atoms with van der Waals surface area (Å²) in [5.41, 5.74) is 1.73. The number of imide groups is 1. The van der Waals surface area contributed by atoms with Gasteiger partial charge in [-0.1, -0.05) is 12.1 Å². The van der Waals surface area contributed by atoms with Gasteiger partial charge in [0.1, 0.15) is 5.58 Å². The number of fused-ring (bicyclic) bond motifs is 1. The molecule has 2 heterocycles. The van der Waals surface area contributed by atoms with Crippen LogP contribution in [0.25, 0.3) is 11.0 Å². The molecule has 0 bridgehead atoms. The molecule has 1 aromatic heterocycles. The maximum Gasteiger partial charge on any atom is 0.234 e. The molecule has 0 aliphatic carbocycles.